The summed E-state index contributed by atoms with van der Waals surface area (Å²) in [5.74, 6) is -0.923. The summed E-state index contributed by atoms with van der Waals surface area (Å²) < 4.78 is 13.0. The molecule has 1 aliphatic rings. The first-order valence-electron chi connectivity index (χ1n) is 8.50. The normalized spacial score (nSPS) is 19.6. The molecule has 0 aliphatic carbocycles. The molecule has 0 fully saturated rings. The maximum Gasteiger partial charge on any atom is 0.274 e. The van der Waals surface area contributed by atoms with Gasteiger partial charge in [-0.15, -0.1) is 0 Å². The molecular formula is C19H20FN5O2. The lowest BCUT2D eigenvalue weighted by atomic mass is 9.83. The van der Waals surface area contributed by atoms with Crippen LogP contribution in [0.25, 0.3) is 0 Å². The summed E-state index contributed by atoms with van der Waals surface area (Å²) in [5.41, 5.74) is 6.54. The summed E-state index contributed by atoms with van der Waals surface area (Å²) >= 11 is 0. The fraction of sp³-hybridized carbons (Fsp3) is 0.263. The number of halogens is 1. The second-order valence-corrected chi connectivity index (χ2v) is 6.38. The predicted molar refractivity (Wildman–Crippen MR) is 99.6 cm³/mol. The number of rotatable bonds is 4. The number of amides is 2. The molecular weight excluding hydrogens is 349 g/mol. The molecule has 3 rings (SSSR count). The van der Waals surface area contributed by atoms with Crippen LogP contribution in [0.1, 0.15) is 35.8 Å². The van der Waals surface area contributed by atoms with E-state index in [-0.39, 0.29) is 24.0 Å². The lowest BCUT2D eigenvalue weighted by molar-refractivity contribution is -0.128. The molecule has 0 spiro atoms. The van der Waals surface area contributed by atoms with Gasteiger partial charge in [0.05, 0.1) is 18.2 Å². The average molecular weight is 369 g/mol. The monoisotopic (exact) mass is 369 g/mol. The van der Waals surface area contributed by atoms with Crippen LogP contribution in [0.2, 0.25) is 0 Å². The SMILES string of the molecule is CCC1(c2cccc(NC(=O)c3ccc(F)cn3)c2)CC(=O)N(C)C(N)=N1. The minimum atomic E-state index is -0.775. The third kappa shape index (κ3) is 3.64. The Labute approximate surface area is 156 Å². The van der Waals surface area contributed by atoms with Gasteiger partial charge in [-0.1, -0.05) is 19.1 Å². The maximum absolute atomic E-state index is 13.0. The molecule has 2 amide bonds. The molecule has 1 unspecified atom stereocenters. The zero-order valence-corrected chi connectivity index (χ0v) is 15.1. The average Bonchev–Trinajstić information content (AvgIpc) is 2.66. The smallest absolute Gasteiger partial charge is 0.274 e. The molecule has 1 aromatic heterocycles. The quantitative estimate of drug-likeness (QED) is 0.863. The Kier molecular flexibility index (Phi) is 4.89. The van der Waals surface area contributed by atoms with Gasteiger partial charge in [0.2, 0.25) is 5.91 Å². The molecule has 2 aromatic rings. The minimum Gasteiger partial charge on any atom is -0.369 e. The van der Waals surface area contributed by atoms with E-state index in [9.17, 15) is 14.0 Å². The highest BCUT2D eigenvalue weighted by Crippen LogP contribution is 2.37. The molecule has 1 aliphatic heterocycles. The summed E-state index contributed by atoms with van der Waals surface area (Å²) in [4.78, 5) is 34.2. The van der Waals surface area contributed by atoms with Gasteiger partial charge in [-0.2, -0.15) is 0 Å². The van der Waals surface area contributed by atoms with Gasteiger partial charge in [-0.25, -0.2) is 14.4 Å². The third-order valence-electron chi connectivity index (χ3n) is 4.69. The van der Waals surface area contributed by atoms with Crippen LogP contribution >= 0.6 is 0 Å². The number of benzene rings is 1. The van der Waals surface area contributed by atoms with E-state index in [2.05, 4.69) is 15.3 Å². The van der Waals surface area contributed by atoms with Crippen LogP contribution in [0, 0.1) is 5.82 Å². The highest BCUT2D eigenvalue weighted by Gasteiger charge is 2.38. The van der Waals surface area contributed by atoms with E-state index in [1.165, 1.54) is 17.0 Å². The topological polar surface area (TPSA) is 101 Å². The molecule has 3 N–H and O–H groups in total. The minimum absolute atomic E-state index is 0.101. The number of carbonyl (C=O) groups excluding carboxylic acids is 2. The number of anilines is 1. The first-order chi connectivity index (χ1) is 12.8. The highest BCUT2D eigenvalue weighted by atomic mass is 19.1. The molecule has 7 nitrogen and oxygen atoms in total. The van der Waals surface area contributed by atoms with Gasteiger partial charge in [0.1, 0.15) is 11.5 Å². The van der Waals surface area contributed by atoms with Crippen molar-refractivity contribution < 1.29 is 14.0 Å². The summed E-state index contributed by atoms with van der Waals surface area (Å²) in [6.45, 7) is 1.93. The lowest BCUT2D eigenvalue weighted by Crippen LogP contribution is -2.48. The first kappa shape index (κ1) is 18.5. The number of hydrogen-bond donors (Lipinski definition) is 2. The van der Waals surface area contributed by atoms with Gasteiger partial charge in [0.25, 0.3) is 5.91 Å². The molecule has 140 valence electrons. The Hall–Kier alpha value is -3.29. The van der Waals surface area contributed by atoms with Crippen molar-refractivity contribution in [2.75, 3.05) is 12.4 Å². The molecule has 2 heterocycles. The van der Waals surface area contributed by atoms with Crippen molar-refractivity contribution in [3.8, 4) is 0 Å². The molecule has 1 aromatic carbocycles. The fourth-order valence-corrected chi connectivity index (χ4v) is 3.00. The largest absolute Gasteiger partial charge is 0.369 e. The van der Waals surface area contributed by atoms with Crippen molar-refractivity contribution in [2.45, 2.75) is 25.3 Å². The van der Waals surface area contributed by atoms with Crippen molar-refractivity contribution in [2.24, 2.45) is 10.7 Å². The van der Waals surface area contributed by atoms with Crippen molar-refractivity contribution in [1.29, 1.82) is 0 Å². The van der Waals surface area contributed by atoms with Crippen LogP contribution < -0.4 is 11.1 Å². The number of hydrogen-bond acceptors (Lipinski definition) is 5. The molecule has 1 atom stereocenters. The van der Waals surface area contributed by atoms with Crippen molar-refractivity contribution in [1.82, 2.24) is 9.88 Å². The molecule has 27 heavy (non-hydrogen) atoms. The highest BCUT2D eigenvalue weighted by molar-refractivity contribution is 6.03. The number of carbonyl (C=O) groups is 2. The Morgan fingerprint density at radius 3 is 2.78 bits per heavy atom. The molecule has 0 radical (unpaired) electrons. The van der Waals surface area contributed by atoms with Crippen LogP contribution in [-0.4, -0.2) is 34.7 Å². The van der Waals surface area contributed by atoms with Crippen LogP contribution in [0.15, 0.2) is 47.6 Å². The van der Waals surface area contributed by atoms with Gasteiger partial charge in [-0.3, -0.25) is 14.5 Å². The predicted octanol–water partition coefficient (Wildman–Crippen LogP) is 2.26. The van der Waals surface area contributed by atoms with Crippen LogP contribution in [-0.2, 0) is 10.3 Å². The van der Waals surface area contributed by atoms with Gasteiger partial charge in [-0.05, 0) is 36.2 Å². The second kappa shape index (κ2) is 7.14. The van der Waals surface area contributed by atoms with Crippen LogP contribution in [0.4, 0.5) is 10.1 Å². The van der Waals surface area contributed by atoms with Crippen LogP contribution in [0.5, 0.6) is 0 Å². The number of pyridine rings is 1. The van der Waals surface area contributed by atoms with E-state index in [1.807, 2.05) is 13.0 Å². The van der Waals surface area contributed by atoms with Gasteiger partial charge < -0.3 is 11.1 Å². The summed E-state index contributed by atoms with van der Waals surface area (Å²) in [6, 6.07) is 9.59. The summed E-state index contributed by atoms with van der Waals surface area (Å²) in [7, 11) is 1.59. The van der Waals surface area contributed by atoms with Crippen molar-refractivity contribution >= 4 is 23.5 Å². The zero-order valence-electron chi connectivity index (χ0n) is 15.1. The van der Waals surface area contributed by atoms with E-state index in [0.29, 0.717) is 12.1 Å². The van der Waals surface area contributed by atoms with Gasteiger partial charge >= 0.3 is 0 Å². The zero-order chi connectivity index (χ0) is 19.6. The van der Waals surface area contributed by atoms with Crippen molar-refractivity contribution in [3.05, 3.63) is 59.7 Å². The number of nitrogens with one attached hydrogen (secondary N) is 1. The third-order valence-corrected chi connectivity index (χ3v) is 4.69. The Morgan fingerprint density at radius 2 is 2.15 bits per heavy atom. The van der Waals surface area contributed by atoms with E-state index in [1.54, 1.807) is 25.2 Å². The van der Waals surface area contributed by atoms with E-state index >= 15 is 0 Å². The Morgan fingerprint density at radius 1 is 1.37 bits per heavy atom. The van der Waals surface area contributed by atoms with Gasteiger partial charge in [0.15, 0.2) is 5.96 Å². The number of nitrogens with zero attached hydrogens (tertiary/aromatic N) is 3. The summed E-state index contributed by atoms with van der Waals surface area (Å²) in [5, 5.41) is 2.73. The number of aliphatic imine (C=N–C) groups is 1. The number of nitrogens with two attached hydrogens (primary N) is 1. The fourth-order valence-electron chi connectivity index (χ4n) is 3.00. The lowest BCUT2D eigenvalue weighted by Gasteiger charge is -2.36. The second-order valence-electron chi connectivity index (χ2n) is 6.38. The maximum atomic E-state index is 13.0. The van der Waals surface area contributed by atoms with E-state index < -0.39 is 17.3 Å². The molecule has 8 heteroatoms. The first-order valence-corrected chi connectivity index (χ1v) is 8.50. The summed E-state index contributed by atoms with van der Waals surface area (Å²) in [6.07, 6.45) is 1.75. The van der Waals surface area contributed by atoms with Crippen molar-refractivity contribution in [3.63, 3.8) is 0 Å². The van der Waals surface area contributed by atoms with Gasteiger partial charge in [0, 0.05) is 12.7 Å². The molecule has 0 saturated carbocycles. The van der Waals surface area contributed by atoms with E-state index in [4.69, 9.17) is 5.73 Å². The van der Waals surface area contributed by atoms with Crippen LogP contribution in [0.3, 0.4) is 0 Å². The molecule has 0 bridgehead atoms. The molecule has 0 saturated heterocycles. The number of guanidine groups is 1. The number of aromatic nitrogens is 1. The Balaban J connectivity index is 1.89. The van der Waals surface area contributed by atoms with E-state index in [0.717, 1.165) is 11.8 Å². The standard InChI is InChI=1S/C19H20FN5O2/c1-3-19(10-16(26)25(2)18(21)24-19)12-5-4-6-14(9-12)23-17(27)15-8-7-13(20)11-22-15/h4-9,11H,3,10H2,1-2H3,(H2,21,24)(H,23,27). The Bertz CT molecular complexity index is 913.